The summed E-state index contributed by atoms with van der Waals surface area (Å²) < 4.78 is 0. The van der Waals surface area contributed by atoms with Crippen molar-refractivity contribution in [2.75, 3.05) is 0 Å². The molecule has 1 aliphatic carbocycles. The molecule has 1 fully saturated rings. The van der Waals surface area contributed by atoms with Crippen molar-refractivity contribution in [3.63, 3.8) is 0 Å². The van der Waals surface area contributed by atoms with Gasteiger partial charge in [-0.25, -0.2) is 9.78 Å². The number of aromatic nitrogens is 1. The maximum Gasteiger partial charge on any atom is 0.355 e. The van der Waals surface area contributed by atoms with Crippen LogP contribution in [0, 0.1) is 0 Å². The Morgan fingerprint density at radius 2 is 2.32 bits per heavy atom. The molecule has 4 N–H and O–H groups in total. The minimum Gasteiger partial charge on any atom is -0.476 e. The Kier molecular flexibility index (Phi) is 3.86. The zero-order valence-electron chi connectivity index (χ0n) is 10.7. The van der Waals surface area contributed by atoms with E-state index in [1.807, 2.05) is 0 Å². The molecule has 1 atom stereocenters. The summed E-state index contributed by atoms with van der Waals surface area (Å²) in [5.41, 5.74) is 5.67. The number of nitrogens with one attached hydrogen (secondary N) is 1. The molecule has 0 saturated heterocycles. The van der Waals surface area contributed by atoms with Gasteiger partial charge in [-0.3, -0.25) is 4.79 Å². The summed E-state index contributed by atoms with van der Waals surface area (Å²) in [7, 11) is 0. The Morgan fingerprint density at radius 3 is 2.79 bits per heavy atom. The molecule has 1 heterocycles. The van der Waals surface area contributed by atoms with Gasteiger partial charge in [-0.1, -0.05) is 0 Å². The molecule has 1 unspecified atom stereocenters. The Hall–Kier alpha value is -1.47. The zero-order chi connectivity index (χ0) is 14.0. The lowest BCUT2D eigenvalue weighted by Gasteiger charge is -2.37. The van der Waals surface area contributed by atoms with Gasteiger partial charge in [0.2, 0.25) is 5.91 Å². The number of hydrogen-bond acceptors (Lipinski definition) is 5. The smallest absolute Gasteiger partial charge is 0.355 e. The summed E-state index contributed by atoms with van der Waals surface area (Å²) in [6.07, 6.45) is 3.16. The third kappa shape index (κ3) is 3.30. The normalized spacial score (nSPS) is 18.4. The Bertz CT molecular complexity index is 496. The Morgan fingerprint density at radius 1 is 1.63 bits per heavy atom. The molecule has 0 radical (unpaired) electrons. The van der Waals surface area contributed by atoms with Crippen LogP contribution in [0.1, 0.15) is 54.1 Å². The van der Waals surface area contributed by atoms with Gasteiger partial charge >= 0.3 is 5.97 Å². The van der Waals surface area contributed by atoms with Gasteiger partial charge in [-0.2, -0.15) is 0 Å². The van der Waals surface area contributed by atoms with Crippen molar-refractivity contribution in [2.24, 2.45) is 5.73 Å². The highest BCUT2D eigenvalue weighted by Crippen LogP contribution is 2.32. The Balaban J connectivity index is 1.90. The minimum absolute atomic E-state index is 0.00962. The number of rotatable bonds is 5. The maximum atomic E-state index is 11.8. The van der Waals surface area contributed by atoms with E-state index in [1.54, 1.807) is 6.92 Å². The predicted molar refractivity (Wildman–Crippen MR) is 71.0 cm³/mol. The monoisotopic (exact) mass is 283 g/mol. The van der Waals surface area contributed by atoms with E-state index < -0.39 is 5.97 Å². The number of carbonyl (C=O) groups is 2. The largest absolute Gasteiger partial charge is 0.476 e. The zero-order valence-corrected chi connectivity index (χ0v) is 11.5. The number of nitrogens with zero attached hydrogens (tertiary/aromatic N) is 1. The fourth-order valence-corrected chi connectivity index (χ4v) is 2.87. The van der Waals surface area contributed by atoms with Crippen LogP contribution < -0.4 is 11.1 Å². The molecular formula is C12H17N3O3S. The SMILES string of the molecule is CC(NC(=O)CC1(N)CCC1)c1nc(C(=O)O)cs1. The molecule has 1 aromatic heterocycles. The van der Waals surface area contributed by atoms with Gasteiger partial charge in [0.15, 0.2) is 5.69 Å². The molecule has 0 aliphatic heterocycles. The minimum atomic E-state index is -1.06. The van der Waals surface area contributed by atoms with E-state index in [1.165, 1.54) is 16.7 Å². The quantitative estimate of drug-likeness (QED) is 0.755. The summed E-state index contributed by atoms with van der Waals surface area (Å²) in [6.45, 7) is 1.78. The van der Waals surface area contributed by atoms with Crippen LogP contribution in [0.2, 0.25) is 0 Å². The number of thiazole rings is 1. The van der Waals surface area contributed by atoms with Crippen LogP contribution in [-0.4, -0.2) is 27.5 Å². The Labute approximate surface area is 115 Å². The van der Waals surface area contributed by atoms with Crippen LogP contribution in [0.5, 0.6) is 0 Å². The molecule has 1 saturated carbocycles. The van der Waals surface area contributed by atoms with Gasteiger partial charge in [0.1, 0.15) is 5.01 Å². The highest BCUT2D eigenvalue weighted by Gasteiger charge is 2.35. The molecule has 0 aromatic carbocycles. The average Bonchev–Trinajstić information content (AvgIpc) is 2.75. The summed E-state index contributed by atoms with van der Waals surface area (Å²) in [6, 6.07) is -0.297. The molecule has 1 aromatic rings. The van der Waals surface area contributed by atoms with Crippen LogP contribution >= 0.6 is 11.3 Å². The van der Waals surface area contributed by atoms with Crippen molar-refractivity contribution >= 4 is 23.2 Å². The third-order valence-electron chi connectivity index (χ3n) is 3.35. The molecular weight excluding hydrogens is 266 g/mol. The number of nitrogens with two attached hydrogens (primary N) is 1. The molecule has 104 valence electrons. The van der Waals surface area contributed by atoms with Gasteiger partial charge in [-0.05, 0) is 26.2 Å². The first kappa shape index (κ1) is 14.0. The first-order chi connectivity index (χ1) is 8.89. The van der Waals surface area contributed by atoms with Crippen LogP contribution in [0.4, 0.5) is 0 Å². The van der Waals surface area contributed by atoms with Gasteiger partial charge in [0.05, 0.1) is 6.04 Å². The first-order valence-electron chi connectivity index (χ1n) is 6.17. The molecule has 19 heavy (non-hydrogen) atoms. The highest BCUT2D eigenvalue weighted by atomic mass is 32.1. The fraction of sp³-hybridized carbons (Fsp3) is 0.583. The lowest BCUT2D eigenvalue weighted by Crippen LogP contribution is -2.50. The first-order valence-corrected chi connectivity index (χ1v) is 7.04. The molecule has 0 spiro atoms. The van der Waals surface area contributed by atoms with E-state index in [-0.39, 0.29) is 23.2 Å². The van der Waals surface area contributed by atoms with E-state index in [2.05, 4.69) is 10.3 Å². The van der Waals surface area contributed by atoms with E-state index in [0.29, 0.717) is 11.4 Å². The topological polar surface area (TPSA) is 105 Å². The number of carbonyl (C=O) groups excluding carboxylic acids is 1. The second-order valence-corrected chi connectivity index (χ2v) is 5.95. The van der Waals surface area contributed by atoms with E-state index in [0.717, 1.165) is 19.3 Å². The van der Waals surface area contributed by atoms with Crippen molar-refractivity contribution in [3.05, 3.63) is 16.1 Å². The lowest BCUT2D eigenvalue weighted by molar-refractivity contribution is -0.123. The van der Waals surface area contributed by atoms with Crippen molar-refractivity contribution < 1.29 is 14.7 Å². The van der Waals surface area contributed by atoms with Gasteiger partial charge in [0.25, 0.3) is 0 Å². The number of hydrogen-bond donors (Lipinski definition) is 3. The molecule has 0 bridgehead atoms. The van der Waals surface area contributed by atoms with E-state index in [4.69, 9.17) is 10.8 Å². The fourth-order valence-electron chi connectivity index (χ4n) is 2.07. The van der Waals surface area contributed by atoms with Gasteiger partial charge in [-0.15, -0.1) is 11.3 Å². The van der Waals surface area contributed by atoms with E-state index >= 15 is 0 Å². The van der Waals surface area contributed by atoms with Gasteiger partial charge < -0.3 is 16.2 Å². The highest BCUT2D eigenvalue weighted by molar-refractivity contribution is 7.09. The van der Waals surface area contributed by atoms with Crippen LogP contribution in [0.25, 0.3) is 0 Å². The maximum absolute atomic E-state index is 11.8. The van der Waals surface area contributed by atoms with Gasteiger partial charge in [0, 0.05) is 17.3 Å². The average molecular weight is 283 g/mol. The third-order valence-corrected chi connectivity index (χ3v) is 4.38. The summed E-state index contributed by atoms with van der Waals surface area (Å²) >= 11 is 1.23. The van der Waals surface area contributed by atoms with Crippen molar-refractivity contribution in [1.82, 2.24) is 10.3 Å². The van der Waals surface area contributed by atoms with Crippen LogP contribution in [-0.2, 0) is 4.79 Å². The standard InChI is InChI=1S/C12H17N3O3S/c1-7(10-15-8(6-19-10)11(17)18)14-9(16)5-12(13)3-2-4-12/h6-7H,2-5,13H2,1H3,(H,14,16)(H,17,18). The molecule has 6 nitrogen and oxygen atoms in total. The van der Waals surface area contributed by atoms with E-state index in [9.17, 15) is 9.59 Å². The molecule has 7 heteroatoms. The second-order valence-electron chi connectivity index (χ2n) is 5.06. The van der Waals surface area contributed by atoms with Crippen molar-refractivity contribution in [2.45, 2.75) is 44.2 Å². The van der Waals surface area contributed by atoms with Crippen LogP contribution in [0.3, 0.4) is 0 Å². The number of amides is 1. The predicted octanol–water partition coefficient (Wildman–Crippen LogP) is 1.29. The second kappa shape index (κ2) is 5.26. The molecule has 2 rings (SSSR count). The molecule has 1 aliphatic rings. The van der Waals surface area contributed by atoms with Crippen LogP contribution in [0.15, 0.2) is 5.38 Å². The summed E-state index contributed by atoms with van der Waals surface area (Å²) in [5, 5.41) is 13.7. The van der Waals surface area contributed by atoms with Crippen molar-refractivity contribution in [3.8, 4) is 0 Å². The van der Waals surface area contributed by atoms with Crippen molar-refractivity contribution in [1.29, 1.82) is 0 Å². The number of aromatic carboxylic acids is 1. The number of carboxylic acids is 1. The summed E-state index contributed by atoms with van der Waals surface area (Å²) in [5.74, 6) is -1.17. The summed E-state index contributed by atoms with van der Waals surface area (Å²) in [4.78, 5) is 26.5. The molecule has 1 amide bonds. The number of carboxylic acid groups (broad SMARTS) is 1. The lowest BCUT2D eigenvalue weighted by atomic mass is 9.75.